The summed E-state index contributed by atoms with van der Waals surface area (Å²) in [4.78, 5) is 18.3. The molecule has 0 fully saturated rings. The molecule has 0 aliphatic carbocycles. The predicted octanol–water partition coefficient (Wildman–Crippen LogP) is 1.66. The predicted molar refractivity (Wildman–Crippen MR) is 50.7 cm³/mol. The maximum absolute atomic E-state index is 11.3. The van der Waals surface area contributed by atoms with Crippen molar-refractivity contribution < 1.29 is 4.79 Å². The first-order valence-electron chi connectivity index (χ1n) is 4.15. The minimum Gasteiger partial charge on any atom is -0.351 e. The maximum Gasteiger partial charge on any atom is 0.193 e. The number of aromatic nitrogens is 2. The van der Waals surface area contributed by atoms with Gasteiger partial charge < -0.3 is 4.98 Å². The first-order valence-corrected chi connectivity index (χ1v) is 4.15. The van der Waals surface area contributed by atoms with Gasteiger partial charge in [-0.2, -0.15) is 5.26 Å². The van der Waals surface area contributed by atoms with Crippen LogP contribution in [0.3, 0.4) is 0 Å². The Kier molecular flexibility index (Phi) is 1.99. The number of aromatic amines is 1. The number of nitrogens with one attached hydrogen (secondary N) is 1. The summed E-state index contributed by atoms with van der Waals surface area (Å²) in [6.45, 7) is 0. The highest BCUT2D eigenvalue weighted by molar-refractivity contribution is 5.99. The molecule has 0 radical (unpaired) electrons. The number of hydrogen-bond donors (Lipinski definition) is 1. The monoisotopic (exact) mass is 185 g/mol. The molecule has 0 atom stereocenters. The lowest BCUT2D eigenvalue weighted by Crippen LogP contribution is -1.96. The second kappa shape index (κ2) is 3.30. The molecular weight excluding hydrogens is 178 g/mol. The van der Waals surface area contributed by atoms with Crippen LogP contribution in [-0.2, 0) is 0 Å². The molecule has 0 saturated heterocycles. The third kappa shape index (κ3) is 1.36. The summed E-state index contributed by atoms with van der Waals surface area (Å²) in [5, 5.41) is 8.37. The van der Waals surface area contributed by atoms with Crippen molar-refractivity contribution >= 4 is 16.8 Å². The number of Topliss-reactive ketones (excluding diaryl/α,β-unsaturated/α-hetero) is 1. The molecule has 4 heteroatoms. The van der Waals surface area contributed by atoms with E-state index in [0.29, 0.717) is 5.69 Å². The van der Waals surface area contributed by atoms with Crippen LogP contribution in [0, 0.1) is 11.3 Å². The molecule has 2 aromatic heterocycles. The quantitative estimate of drug-likeness (QED) is 0.723. The van der Waals surface area contributed by atoms with Crippen molar-refractivity contribution in [2.75, 3.05) is 0 Å². The second-order valence-electron chi connectivity index (χ2n) is 2.88. The largest absolute Gasteiger partial charge is 0.351 e. The minimum atomic E-state index is -0.203. The standard InChI is InChI=1S/C10H7N3O/c11-4-3-10(14)9-6-8-7(13-9)2-1-5-12-8/h1-2,5-6,13H,3H2. The van der Waals surface area contributed by atoms with Crippen LogP contribution in [0.25, 0.3) is 11.0 Å². The molecule has 0 amide bonds. The van der Waals surface area contributed by atoms with E-state index in [2.05, 4.69) is 9.97 Å². The Morgan fingerprint density at radius 1 is 1.64 bits per heavy atom. The molecule has 0 bridgehead atoms. The van der Waals surface area contributed by atoms with Crippen LogP contribution in [0.1, 0.15) is 16.9 Å². The number of rotatable bonds is 2. The van der Waals surface area contributed by atoms with Crippen LogP contribution in [0.15, 0.2) is 24.4 Å². The Balaban J connectivity index is 2.46. The fourth-order valence-electron chi connectivity index (χ4n) is 1.27. The van der Waals surface area contributed by atoms with Gasteiger partial charge in [-0.25, -0.2) is 0 Å². The van der Waals surface area contributed by atoms with Crippen molar-refractivity contribution in [3.05, 3.63) is 30.1 Å². The SMILES string of the molecule is N#CCC(=O)c1cc2ncccc2[nH]1. The highest BCUT2D eigenvalue weighted by Gasteiger charge is 2.08. The topological polar surface area (TPSA) is 69.5 Å². The molecule has 0 aliphatic rings. The summed E-state index contributed by atoms with van der Waals surface area (Å²) in [5.74, 6) is -0.203. The van der Waals surface area contributed by atoms with E-state index < -0.39 is 0 Å². The van der Waals surface area contributed by atoms with E-state index in [1.165, 1.54) is 0 Å². The Hall–Kier alpha value is -2.15. The molecule has 0 aliphatic heterocycles. The van der Waals surface area contributed by atoms with Crippen molar-refractivity contribution in [2.24, 2.45) is 0 Å². The lowest BCUT2D eigenvalue weighted by atomic mass is 10.2. The molecule has 2 heterocycles. The van der Waals surface area contributed by atoms with Gasteiger partial charge in [0.15, 0.2) is 5.78 Å². The van der Waals surface area contributed by atoms with Crippen LogP contribution >= 0.6 is 0 Å². The number of carbonyl (C=O) groups is 1. The fourth-order valence-corrected chi connectivity index (χ4v) is 1.27. The van der Waals surface area contributed by atoms with E-state index in [4.69, 9.17) is 5.26 Å². The average Bonchev–Trinajstić information content (AvgIpc) is 2.61. The Morgan fingerprint density at radius 2 is 2.50 bits per heavy atom. The van der Waals surface area contributed by atoms with Crippen LogP contribution in [0.4, 0.5) is 0 Å². The molecule has 0 spiro atoms. The van der Waals surface area contributed by atoms with Crippen LogP contribution in [0.5, 0.6) is 0 Å². The van der Waals surface area contributed by atoms with Crippen molar-refractivity contribution in [1.29, 1.82) is 5.26 Å². The fraction of sp³-hybridized carbons (Fsp3) is 0.100. The molecule has 1 N–H and O–H groups in total. The third-order valence-electron chi connectivity index (χ3n) is 1.93. The number of hydrogen-bond acceptors (Lipinski definition) is 3. The van der Waals surface area contributed by atoms with E-state index in [1.807, 2.05) is 12.1 Å². The van der Waals surface area contributed by atoms with Gasteiger partial charge in [-0.1, -0.05) is 0 Å². The van der Waals surface area contributed by atoms with Crippen molar-refractivity contribution in [3.63, 3.8) is 0 Å². The van der Waals surface area contributed by atoms with Gasteiger partial charge in [0.1, 0.15) is 6.42 Å². The van der Waals surface area contributed by atoms with E-state index in [1.54, 1.807) is 18.3 Å². The van der Waals surface area contributed by atoms with Crippen molar-refractivity contribution in [3.8, 4) is 6.07 Å². The zero-order valence-corrected chi connectivity index (χ0v) is 7.32. The van der Waals surface area contributed by atoms with Gasteiger partial charge in [-0.05, 0) is 18.2 Å². The number of pyridine rings is 1. The smallest absolute Gasteiger partial charge is 0.193 e. The number of fused-ring (bicyclic) bond motifs is 1. The zero-order chi connectivity index (χ0) is 9.97. The summed E-state index contributed by atoms with van der Waals surface area (Å²) in [6.07, 6.45) is 1.56. The molecule has 68 valence electrons. The normalized spacial score (nSPS) is 9.93. The highest BCUT2D eigenvalue weighted by atomic mass is 16.1. The number of carbonyl (C=O) groups excluding carboxylic acids is 1. The first kappa shape index (κ1) is 8.45. The molecule has 14 heavy (non-hydrogen) atoms. The van der Waals surface area contributed by atoms with Gasteiger partial charge in [0, 0.05) is 6.20 Å². The Bertz CT molecular complexity index is 488. The van der Waals surface area contributed by atoms with E-state index in [-0.39, 0.29) is 12.2 Å². The van der Waals surface area contributed by atoms with Crippen molar-refractivity contribution in [2.45, 2.75) is 6.42 Å². The summed E-state index contributed by atoms with van der Waals surface area (Å²) >= 11 is 0. The molecular formula is C10H7N3O. The summed E-state index contributed by atoms with van der Waals surface area (Å²) < 4.78 is 0. The molecule has 0 saturated carbocycles. The van der Waals surface area contributed by atoms with E-state index >= 15 is 0 Å². The van der Waals surface area contributed by atoms with Crippen molar-refractivity contribution in [1.82, 2.24) is 9.97 Å². The third-order valence-corrected chi connectivity index (χ3v) is 1.93. The first-order chi connectivity index (χ1) is 6.81. The Labute approximate surface area is 80.2 Å². The number of nitrogens with zero attached hydrogens (tertiary/aromatic N) is 2. The summed E-state index contributed by atoms with van der Waals surface area (Å²) in [6, 6.07) is 7.11. The van der Waals surface area contributed by atoms with E-state index in [0.717, 1.165) is 11.0 Å². The molecule has 2 rings (SSSR count). The van der Waals surface area contributed by atoms with Gasteiger partial charge in [0.05, 0.1) is 22.8 Å². The second-order valence-corrected chi connectivity index (χ2v) is 2.88. The average molecular weight is 185 g/mol. The Morgan fingerprint density at radius 3 is 3.21 bits per heavy atom. The summed E-state index contributed by atoms with van der Waals surface area (Å²) in [7, 11) is 0. The maximum atomic E-state index is 11.3. The molecule has 0 aromatic carbocycles. The molecule has 4 nitrogen and oxygen atoms in total. The van der Waals surface area contributed by atoms with Gasteiger partial charge in [0.2, 0.25) is 0 Å². The lowest BCUT2D eigenvalue weighted by molar-refractivity contribution is 0.0994. The molecule has 0 unspecified atom stereocenters. The highest BCUT2D eigenvalue weighted by Crippen LogP contribution is 2.12. The summed E-state index contributed by atoms with van der Waals surface area (Å²) in [5.41, 5.74) is 2.00. The zero-order valence-electron chi connectivity index (χ0n) is 7.32. The minimum absolute atomic E-state index is 0.104. The van der Waals surface area contributed by atoms with Gasteiger partial charge in [-0.3, -0.25) is 9.78 Å². The van der Waals surface area contributed by atoms with Gasteiger partial charge in [-0.15, -0.1) is 0 Å². The number of H-pyrrole nitrogens is 1. The van der Waals surface area contributed by atoms with Crippen LogP contribution < -0.4 is 0 Å². The molecule has 2 aromatic rings. The van der Waals surface area contributed by atoms with Gasteiger partial charge in [0.25, 0.3) is 0 Å². The number of ketones is 1. The number of nitriles is 1. The lowest BCUT2D eigenvalue weighted by Gasteiger charge is -1.87. The van der Waals surface area contributed by atoms with Crippen LogP contribution in [-0.4, -0.2) is 15.8 Å². The van der Waals surface area contributed by atoms with E-state index in [9.17, 15) is 4.79 Å². The van der Waals surface area contributed by atoms with Crippen LogP contribution in [0.2, 0.25) is 0 Å². The van der Waals surface area contributed by atoms with Gasteiger partial charge >= 0.3 is 0 Å².